The smallest absolute Gasteiger partial charge is 0.139 e. The van der Waals surface area contributed by atoms with Crippen molar-refractivity contribution in [2.24, 2.45) is 28.6 Å². The van der Waals surface area contributed by atoms with E-state index in [4.69, 9.17) is 0 Å². The highest BCUT2D eigenvalue weighted by Crippen LogP contribution is 2.65. The van der Waals surface area contributed by atoms with Crippen molar-refractivity contribution in [1.29, 1.82) is 0 Å². The number of hydrogen-bond donors (Lipinski definition) is 2. The quantitative estimate of drug-likeness (QED) is 0.587. The topological polar surface area (TPSA) is 37.3 Å². The summed E-state index contributed by atoms with van der Waals surface area (Å²) in [4.78, 5) is 12.5. The van der Waals surface area contributed by atoms with Crippen molar-refractivity contribution in [3.8, 4) is 0 Å². The third-order valence-electron chi connectivity index (χ3n) is 8.07. The van der Waals surface area contributed by atoms with Crippen molar-refractivity contribution in [2.45, 2.75) is 70.8 Å². The maximum Gasteiger partial charge on any atom is 0.139 e. The van der Waals surface area contributed by atoms with Gasteiger partial charge < -0.3 is 5.11 Å². The molecule has 0 aromatic heterocycles. The summed E-state index contributed by atoms with van der Waals surface area (Å²) in [5.41, 5.74) is 1.76. The minimum atomic E-state index is -0.146. The van der Waals surface area contributed by atoms with Crippen LogP contribution in [0.1, 0.15) is 64.7 Å². The normalized spacial score (nSPS) is 49.2. The van der Waals surface area contributed by atoms with Crippen LogP contribution >= 0.6 is 12.6 Å². The highest BCUT2D eigenvalue weighted by Gasteiger charge is 2.59. The molecule has 0 aromatic rings. The number of thiol groups is 1. The number of carbonyl (C=O) groups is 1. The van der Waals surface area contributed by atoms with Crippen LogP contribution in [0.15, 0.2) is 11.6 Å². The van der Waals surface area contributed by atoms with Gasteiger partial charge in [0.25, 0.3) is 0 Å². The Hall–Kier alpha value is -0.280. The Morgan fingerprint density at radius 2 is 2.09 bits per heavy atom. The van der Waals surface area contributed by atoms with Gasteiger partial charge in [-0.25, -0.2) is 0 Å². The van der Waals surface area contributed by atoms with Crippen LogP contribution in [0.25, 0.3) is 0 Å². The lowest BCUT2D eigenvalue weighted by Crippen LogP contribution is -2.51. The van der Waals surface area contributed by atoms with Crippen molar-refractivity contribution in [3.05, 3.63) is 11.6 Å². The Morgan fingerprint density at radius 1 is 1.26 bits per heavy atom. The number of Topliss-reactive ketones (excluding diaryl/α,β-unsaturated/α-hetero) is 1. The maximum atomic E-state index is 12.5. The number of aliphatic hydroxyl groups excluding tert-OH is 1. The molecule has 0 radical (unpaired) electrons. The zero-order chi connectivity index (χ0) is 16.2. The molecule has 1 unspecified atom stereocenters. The van der Waals surface area contributed by atoms with Crippen LogP contribution in [-0.4, -0.2) is 22.7 Å². The number of allylic oxidation sites excluding steroid dienone is 1. The summed E-state index contributed by atoms with van der Waals surface area (Å²) in [5.74, 6) is 3.44. The first-order valence-corrected chi connectivity index (χ1v) is 10.2. The Balaban J connectivity index is 1.71. The Labute approximate surface area is 145 Å². The molecule has 4 aliphatic carbocycles. The summed E-state index contributed by atoms with van der Waals surface area (Å²) in [6, 6.07) is 0. The molecule has 128 valence electrons. The predicted molar refractivity (Wildman–Crippen MR) is 95.5 cm³/mol. The van der Waals surface area contributed by atoms with Gasteiger partial charge in [0.15, 0.2) is 0 Å². The summed E-state index contributed by atoms with van der Waals surface area (Å²) in [5, 5.41) is 10.1. The van der Waals surface area contributed by atoms with Gasteiger partial charge in [-0.15, -0.1) is 0 Å². The van der Waals surface area contributed by atoms with Crippen molar-refractivity contribution in [3.63, 3.8) is 0 Å². The van der Waals surface area contributed by atoms with Crippen LogP contribution in [0.3, 0.4) is 0 Å². The average molecular weight is 335 g/mol. The van der Waals surface area contributed by atoms with Crippen molar-refractivity contribution >= 4 is 18.4 Å². The van der Waals surface area contributed by atoms with Gasteiger partial charge in [0.1, 0.15) is 5.78 Å². The molecule has 4 rings (SSSR count). The third kappa shape index (κ3) is 2.22. The second-order valence-corrected chi connectivity index (χ2v) is 9.23. The van der Waals surface area contributed by atoms with E-state index >= 15 is 0 Å². The number of rotatable bonds is 2. The maximum absolute atomic E-state index is 12.5. The standard InChI is InChI=1S/C20H30O2S/c1-19-8-7-17-15(16(19)4-5-18(19)22)3-2-13-12-14(21)6-9-20(13,17)10-11-23/h2,14-17,21,23H,3-12H2,1H3/t14?,15-,16-,17+,19-,20+/m0/s1. The highest BCUT2D eigenvalue weighted by atomic mass is 32.1. The molecule has 0 saturated heterocycles. The number of hydrogen-bond acceptors (Lipinski definition) is 3. The van der Waals surface area contributed by atoms with E-state index in [1.807, 2.05) is 0 Å². The monoisotopic (exact) mass is 334 g/mol. The molecule has 0 heterocycles. The molecule has 6 atom stereocenters. The fourth-order valence-corrected chi connectivity index (χ4v) is 7.28. The van der Waals surface area contributed by atoms with Crippen LogP contribution in [0.5, 0.6) is 0 Å². The van der Waals surface area contributed by atoms with Crippen LogP contribution in [0.2, 0.25) is 0 Å². The Bertz CT molecular complexity index is 542. The molecule has 0 amide bonds. The SMILES string of the molecule is C[C@]12CC[C@@H]3[C@@H](CC=C4CC(O)CC[C@@]43CCS)[C@@H]1CCC2=O. The number of carbonyl (C=O) groups excluding carboxylic acids is 1. The van der Waals surface area contributed by atoms with E-state index in [1.54, 1.807) is 0 Å². The summed E-state index contributed by atoms with van der Waals surface area (Å²) < 4.78 is 0. The molecule has 2 nitrogen and oxygen atoms in total. The van der Waals surface area contributed by atoms with E-state index in [0.717, 1.165) is 57.1 Å². The van der Waals surface area contributed by atoms with Crippen LogP contribution in [0.4, 0.5) is 0 Å². The van der Waals surface area contributed by atoms with Gasteiger partial charge in [0.05, 0.1) is 6.10 Å². The Kier molecular flexibility index (Phi) is 3.96. The van der Waals surface area contributed by atoms with Gasteiger partial charge >= 0.3 is 0 Å². The summed E-state index contributed by atoms with van der Waals surface area (Å²) in [6.07, 6.45) is 11.7. The number of ketones is 1. The summed E-state index contributed by atoms with van der Waals surface area (Å²) in [7, 11) is 0. The fraction of sp³-hybridized carbons (Fsp3) is 0.850. The molecule has 1 N–H and O–H groups in total. The first-order chi connectivity index (χ1) is 11.0. The average Bonchev–Trinajstić information content (AvgIpc) is 2.84. The molecule has 0 bridgehead atoms. The van der Waals surface area contributed by atoms with E-state index in [-0.39, 0.29) is 16.9 Å². The molecule has 0 aliphatic heterocycles. The summed E-state index contributed by atoms with van der Waals surface area (Å²) in [6.45, 7) is 2.25. The lowest BCUT2D eigenvalue weighted by Gasteiger charge is -2.58. The minimum Gasteiger partial charge on any atom is -0.393 e. The molecule has 0 spiro atoms. The number of fused-ring (bicyclic) bond motifs is 5. The van der Waals surface area contributed by atoms with Crippen molar-refractivity contribution in [1.82, 2.24) is 0 Å². The van der Waals surface area contributed by atoms with E-state index in [9.17, 15) is 9.90 Å². The van der Waals surface area contributed by atoms with Crippen molar-refractivity contribution in [2.75, 3.05) is 5.75 Å². The molecule has 4 aliphatic rings. The van der Waals surface area contributed by atoms with Gasteiger partial charge in [-0.3, -0.25) is 4.79 Å². The minimum absolute atomic E-state index is 0.0388. The Morgan fingerprint density at radius 3 is 2.87 bits per heavy atom. The lowest BCUT2D eigenvalue weighted by molar-refractivity contribution is -0.132. The molecular formula is C20H30O2S. The van der Waals surface area contributed by atoms with E-state index in [2.05, 4.69) is 25.6 Å². The van der Waals surface area contributed by atoms with E-state index < -0.39 is 0 Å². The van der Waals surface area contributed by atoms with Crippen LogP contribution in [0, 0.1) is 28.6 Å². The zero-order valence-electron chi connectivity index (χ0n) is 14.3. The largest absolute Gasteiger partial charge is 0.393 e. The van der Waals surface area contributed by atoms with Gasteiger partial charge in [-0.05, 0) is 80.3 Å². The zero-order valence-corrected chi connectivity index (χ0v) is 15.2. The third-order valence-corrected chi connectivity index (χ3v) is 8.29. The molecule has 3 heteroatoms. The van der Waals surface area contributed by atoms with E-state index in [0.29, 0.717) is 23.5 Å². The first kappa shape index (κ1) is 16.2. The van der Waals surface area contributed by atoms with E-state index in [1.165, 1.54) is 12.0 Å². The second-order valence-electron chi connectivity index (χ2n) is 8.79. The molecule has 3 fully saturated rings. The highest BCUT2D eigenvalue weighted by molar-refractivity contribution is 7.80. The van der Waals surface area contributed by atoms with Gasteiger partial charge in [0, 0.05) is 11.8 Å². The first-order valence-electron chi connectivity index (χ1n) is 9.53. The van der Waals surface area contributed by atoms with Gasteiger partial charge in [0.2, 0.25) is 0 Å². The molecular weight excluding hydrogens is 304 g/mol. The molecule has 0 aromatic carbocycles. The van der Waals surface area contributed by atoms with Gasteiger partial charge in [-0.2, -0.15) is 12.6 Å². The number of aliphatic hydroxyl groups is 1. The predicted octanol–water partition coefficient (Wildman–Crippen LogP) is 4.18. The lowest BCUT2D eigenvalue weighted by atomic mass is 9.47. The van der Waals surface area contributed by atoms with Crippen LogP contribution in [-0.2, 0) is 4.79 Å². The second kappa shape index (κ2) is 5.62. The van der Waals surface area contributed by atoms with Gasteiger partial charge in [-0.1, -0.05) is 18.6 Å². The van der Waals surface area contributed by atoms with Crippen molar-refractivity contribution < 1.29 is 9.90 Å². The van der Waals surface area contributed by atoms with Crippen LogP contribution < -0.4 is 0 Å². The molecule has 23 heavy (non-hydrogen) atoms. The fourth-order valence-electron chi connectivity index (χ4n) is 6.88. The molecule has 3 saturated carbocycles. The summed E-state index contributed by atoms with van der Waals surface area (Å²) >= 11 is 4.58.